The Hall–Kier alpha value is -2.63. The number of benzene rings is 1. The summed E-state index contributed by atoms with van der Waals surface area (Å²) in [5, 5.41) is 6.13. The first-order chi connectivity index (χ1) is 10.2. The maximum atomic E-state index is 12.0. The van der Waals surface area contributed by atoms with E-state index in [9.17, 15) is 4.79 Å². The van der Waals surface area contributed by atoms with Gasteiger partial charge < -0.3 is 15.4 Å². The molecule has 6 heteroatoms. The zero-order chi connectivity index (χ0) is 15.1. The first-order valence-electron chi connectivity index (χ1n) is 6.69. The number of methoxy groups -OCH3 is 1. The minimum absolute atomic E-state index is 0.378. The molecule has 2 aromatic rings. The van der Waals surface area contributed by atoms with Crippen LogP contribution in [0.4, 0.5) is 11.6 Å². The summed E-state index contributed by atoms with van der Waals surface area (Å²) >= 11 is 0. The Bertz CT molecular complexity index is 589. The number of nitrogens with one attached hydrogen (secondary N) is 2. The lowest BCUT2D eigenvalue weighted by atomic mass is 10.1. The van der Waals surface area contributed by atoms with Crippen LogP contribution >= 0.6 is 0 Å². The Kier molecular flexibility index (Phi) is 5.09. The highest BCUT2D eigenvalue weighted by Crippen LogP contribution is 2.20. The molecule has 0 aliphatic heterocycles. The summed E-state index contributed by atoms with van der Waals surface area (Å²) in [7, 11) is 1.36. The number of rotatable bonds is 6. The van der Waals surface area contributed by atoms with Crippen molar-refractivity contribution in [3.8, 4) is 0 Å². The quantitative estimate of drug-likeness (QED) is 0.793. The van der Waals surface area contributed by atoms with Crippen LogP contribution in [0.15, 0.2) is 42.7 Å². The molecule has 1 unspecified atom stereocenters. The van der Waals surface area contributed by atoms with Gasteiger partial charge in [-0.25, -0.2) is 9.78 Å². The van der Waals surface area contributed by atoms with Gasteiger partial charge in [0, 0.05) is 6.54 Å². The van der Waals surface area contributed by atoms with Crippen LogP contribution in [0, 0.1) is 0 Å². The number of hydrogen-bond acceptors (Lipinski definition) is 6. The number of carbonyl (C=O) groups excluding carboxylic acids is 1. The smallest absolute Gasteiger partial charge is 0.333 e. The number of anilines is 2. The number of aromatic nitrogens is 2. The Morgan fingerprint density at radius 2 is 1.95 bits per heavy atom. The highest BCUT2D eigenvalue weighted by molar-refractivity contribution is 5.80. The van der Waals surface area contributed by atoms with E-state index in [2.05, 4.69) is 20.6 Å². The average Bonchev–Trinajstić information content (AvgIpc) is 2.53. The molecule has 0 saturated heterocycles. The van der Waals surface area contributed by atoms with Crippen LogP contribution in [0.3, 0.4) is 0 Å². The lowest BCUT2D eigenvalue weighted by Gasteiger charge is -2.17. The highest BCUT2D eigenvalue weighted by Gasteiger charge is 2.21. The lowest BCUT2D eigenvalue weighted by molar-refractivity contribution is -0.141. The topological polar surface area (TPSA) is 76.1 Å². The van der Waals surface area contributed by atoms with E-state index in [4.69, 9.17) is 4.74 Å². The Balaban J connectivity index is 2.23. The van der Waals surface area contributed by atoms with Crippen molar-refractivity contribution < 1.29 is 9.53 Å². The predicted molar refractivity (Wildman–Crippen MR) is 81.0 cm³/mol. The molecular weight excluding hydrogens is 268 g/mol. The summed E-state index contributed by atoms with van der Waals surface area (Å²) in [5.74, 6) is 0.781. The van der Waals surface area contributed by atoms with E-state index in [0.717, 1.165) is 12.1 Å². The van der Waals surface area contributed by atoms with Crippen molar-refractivity contribution >= 4 is 17.6 Å². The number of hydrogen-bond donors (Lipinski definition) is 2. The molecule has 0 aliphatic rings. The number of ether oxygens (including phenoxy) is 1. The van der Waals surface area contributed by atoms with E-state index in [0.29, 0.717) is 11.6 Å². The van der Waals surface area contributed by atoms with Gasteiger partial charge in [-0.2, -0.15) is 0 Å². The maximum absolute atomic E-state index is 12.0. The first kappa shape index (κ1) is 14.8. The first-order valence-corrected chi connectivity index (χ1v) is 6.69. The van der Waals surface area contributed by atoms with E-state index >= 15 is 0 Å². The molecular formula is C15H18N4O2. The monoisotopic (exact) mass is 286 g/mol. The van der Waals surface area contributed by atoms with Gasteiger partial charge in [0.25, 0.3) is 0 Å². The van der Waals surface area contributed by atoms with Crippen molar-refractivity contribution in [3.05, 3.63) is 48.3 Å². The molecule has 1 heterocycles. The molecule has 1 aromatic heterocycles. The zero-order valence-corrected chi connectivity index (χ0v) is 12.0. The van der Waals surface area contributed by atoms with Crippen LogP contribution in [0.5, 0.6) is 0 Å². The van der Waals surface area contributed by atoms with Crippen LogP contribution < -0.4 is 10.6 Å². The molecule has 6 nitrogen and oxygen atoms in total. The molecule has 0 amide bonds. The van der Waals surface area contributed by atoms with Crippen molar-refractivity contribution in [2.45, 2.75) is 13.0 Å². The zero-order valence-electron chi connectivity index (χ0n) is 12.0. The second-order valence-corrected chi connectivity index (χ2v) is 4.33. The number of carbonyl (C=O) groups is 1. The molecule has 2 N–H and O–H groups in total. The summed E-state index contributed by atoms with van der Waals surface area (Å²) in [4.78, 5) is 20.4. The molecule has 0 saturated carbocycles. The summed E-state index contributed by atoms with van der Waals surface area (Å²) in [6.07, 6.45) is 3.20. The second-order valence-electron chi connectivity index (χ2n) is 4.33. The summed E-state index contributed by atoms with van der Waals surface area (Å²) in [5.41, 5.74) is 0.806. The third-order valence-corrected chi connectivity index (χ3v) is 2.85. The number of nitrogens with zero attached hydrogens (tertiary/aromatic N) is 2. The van der Waals surface area contributed by atoms with Crippen LogP contribution in [0.25, 0.3) is 0 Å². The summed E-state index contributed by atoms with van der Waals surface area (Å²) < 4.78 is 4.85. The van der Waals surface area contributed by atoms with Crippen LogP contribution in [-0.4, -0.2) is 29.6 Å². The molecule has 0 fully saturated rings. The summed E-state index contributed by atoms with van der Waals surface area (Å²) in [6, 6.07) is 8.72. The Morgan fingerprint density at radius 1 is 1.24 bits per heavy atom. The fourth-order valence-corrected chi connectivity index (χ4v) is 1.89. The van der Waals surface area contributed by atoms with Gasteiger partial charge in [0.1, 0.15) is 11.6 Å². The van der Waals surface area contributed by atoms with Crippen LogP contribution in [0.1, 0.15) is 18.5 Å². The number of esters is 1. The molecule has 1 atom stereocenters. The average molecular weight is 286 g/mol. The van der Waals surface area contributed by atoms with E-state index in [1.54, 1.807) is 12.4 Å². The maximum Gasteiger partial charge on any atom is 0.333 e. The van der Waals surface area contributed by atoms with Gasteiger partial charge in [-0.05, 0) is 12.5 Å². The van der Waals surface area contributed by atoms with Gasteiger partial charge in [0.05, 0.1) is 19.5 Å². The summed E-state index contributed by atoms with van der Waals surface area (Å²) in [6.45, 7) is 2.72. The molecule has 2 rings (SSSR count). The molecule has 21 heavy (non-hydrogen) atoms. The van der Waals surface area contributed by atoms with Gasteiger partial charge >= 0.3 is 5.97 Å². The largest absolute Gasteiger partial charge is 0.467 e. The predicted octanol–water partition coefficient (Wildman–Crippen LogP) is 2.23. The molecule has 0 bridgehead atoms. The van der Waals surface area contributed by atoms with Gasteiger partial charge in [0.2, 0.25) is 0 Å². The molecule has 0 aliphatic carbocycles. The fraction of sp³-hybridized carbons (Fsp3) is 0.267. The molecule has 0 spiro atoms. The van der Waals surface area contributed by atoms with Crippen molar-refractivity contribution in [1.29, 1.82) is 0 Å². The van der Waals surface area contributed by atoms with Gasteiger partial charge in [0.15, 0.2) is 6.04 Å². The van der Waals surface area contributed by atoms with Crippen molar-refractivity contribution in [2.24, 2.45) is 0 Å². The minimum atomic E-state index is -0.623. The minimum Gasteiger partial charge on any atom is -0.467 e. The molecule has 110 valence electrons. The molecule has 1 aromatic carbocycles. The second kappa shape index (κ2) is 7.23. The van der Waals surface area contributed by atoms with Crippen molar-refractivity contribution in [2.75, 3.05) is 24.3 Å². The van der Waals surface area contributed by atoms with Crippen LogP contribution in [0.2, 0.25) is 0 Å². The third-order valence-electron chi connectivity index (χ3n) is 2.85. The standard InChI is InChI=1S/C15H18N4O2/c1-3-17-12-9-16-10-13(18-12)19-14(15(20)21-2)11-7-5-4-6-8-11/h4-10,14H,3H2,1-2H3,(H2,17,18,19). The van der Waals surface area contributed by atoms with E-state index in [1.165, 1.54) is 7.11 Å². The normalized spacial score (nSPS) is 11.5. The van der Waals surface area contributed by atoms with Crippen LogP contribution in [-0.2, 0) is 9.53 Å². The lowest BCUT2D eigenvalue weighted by Crippen LogP contribution is -2.23. The van der Waals surface area contributed by atoms with E-state index in [1.807, 2.05) is 37.3 Å². The van der Waals surface area contributed by atoms with Gasteiger partial charge in [-0.1, -0.05) is 30.3 Å². The Labute approximate surface area is 123 Å². The fourth-order valence-electron chi connectivity index (χ4n) is 1.89. The van der Waals surface area contributed by atoms with E-state index < -0.39 is 6.04 Å². The van der Waals surface area contributed by atoms with Gasteiger partial charge in [-0.3, -0.25) is 4.98 Å². The third kappa shape index (κ3) is 3.92. The van der Waals surface area contributed by atoms with Crippen molar-refractivity contribution in [3.63, 3.8) is 0 Å². The van der Waals surface area contributed by atoms with Gasteiger partial charge in [-0.15, -0.1) is 0 Å². The van der Waals surface area contributed by atoms with Crippen molar-refractivity contribution in [1.82, 2.24) is 9.97 Å². The Morgan fingerprint density at radius 3 is 2.62 bits per heavy atom. The SMILES string of the molecule is CCNc1cncc(NC(C(=O)OC)c2ccccc2)n1. The highest BCUT2D eigenvalue weighted by atomic mass is 16.5. The van der Waals surface area contributed by atoms with E-state index in [-0.39, 0.29) is 5.97 Å². The molecule has 0 radical (unpaired) electrons.